The molecule has 0 spiro atoms. The highest BCUT2D eigenvalue weighted by Gasteiger charge is 2.31. The summed E-state index contributed by atoms with van der Waals surface area (Å²) in [5.41, 5.74) is 0.644. The summed E-state index contributed by atoms with van der Waals surface area (Å²) in [7, 11) is 1.58. The van der Waals surface area contributed by atoms with Crippen LogP contribution in [0.15, 0.2) is 47.3 Å². The van der Waals surface area contributed by atoms with Gasteiger partial charge in [0.2, 0.25) is 0 Å². The summed E-state index contributed by atoms with van der Waals surface area (Å²) in [5, 5.41) is 0.192. The monoisotopic (exact) mass is 372 g/mol. The Bertz CT molecular complexity index is 1110. The van der Waals surface area contributed by atoms with Gasteiger partial charge in [-0.05, 0) is 54.0 Å². The van der Waals surface area contributed by atoms with Gasteiger partial charge in [-0.2, -0.15) is 13.2 Å². The van der Waals surface area contributed by atoms with Crippen LogP contribution in [0, 0.1) is 0 Å². The minimum atomic E-state index is -4.48. The second-order valence-corrected chi connectivity index (χ2v) is 6.31. The molecule has 0 amide bonds. The SMILES string of the molecule is COc1ccc(C=C2CCn3c2nc2cc(C(F)(F)F)ccc2c3=O)cc1. The zero-order valence-corrected chi connectivity index (χ0v) is 14.4. The van der Waals surface area contributed by atoms with Crippen molar-refractivity contribution in [3.05, 3.63) is 69.8 Å². The molecule has 4 rings (SSSR count). The van der Waals surface area contributed by atoms with E-state index in [1.807, 2.05) is 30.3 Å². The summed E-state index contributed by atoms with van der Waals surface area (Å²) in [6.45, 7) is 0.458. The number of fused-ring (bicyclic) bond motifs is 2. The fourth-order valence-corrected chi connectivity index (χ4v) is 3.23. The van der Waals surface area contributed by atoms with Crippen molar-refractivity contribution in [3.63, 3.8) is 0 Å². The predicted molar refractivity (Wildman–Crippen MR) is 96.5 cm³/mol. The number of rotatable bonds is 2. The molecule has 3 aromatic rings. The summed E-state index contributed by atoms with van der Waals surface area (Å²) >= 11 is 0. The first-order chi connectivity index (χ1) is 12.9. The lowest BCUT2D eigenvalue weighted by atomic mass is 10.1. The van der Waals surface area contributed by atoms with Gasteiger partial charge in [-0.3, -0.25) is 9.36 Å². The maximum Gasteiger partial charge on any atom is 0.416 e. The molecule has 0 saturated carbocycles. The van der Waals surface area contributed by atoms with Crippen molar-refractivity contribution in [3.8, 4) is 5.75 Å². The number of aromatic nitrogens is 2. The summed E-state index contributed by atoms with van der Waals surface area (Å²) in [6.07, 6.45) is -1.99. The smallest absolute Gasteiger partial charge is 0.416 e. The predicted octanol–water partition coefficient (Wildman–Crippen LogP) is 4.37. The van der Waals surface area contributed by atoms with Crippen molar-refractivity contribution in [1.82, 2.24) is 9.55 Å². The zero-order chi connectivity index (χ0) is 19.2. The average molecular weight is 372 g/mol. The van der Waals surface area contributed by atoms with Gasteiger partial charge in [0.05, 0.1) is 23.6 Å². The van der Waals surface area contributed by atoms with Crippen LogP contribution in [0.1, 0.15) is 23.4 Å². The number of methoxy groups -OCH3 is 1. The lowest BCUT2D eigenvalue weighted by molar-refractivity contribution is -0.137. The average Bonchev–Trinajstić information content (AvgIpc) is 3.04. The Labute approximate surface area is 152 Å². The summed E-state index contributed by atoms with van der Waals surface area (Å²) < 4.78 is 45.6. The molecule has 138 valence electrons. The Morgan fingerprint density at radius 1 is 1.15 bits per heavy atom. The van der Waals surface area contributed by atoms with E-state index in [4.69, 9.17) is 4.74 Å². The number of halogens is 3. The largest absolute Gasteiger partial charge is 0.497 e. The molecule has 0 saturated heterocycles. The van der Waals surface area contributed by atoms with E-state index in [0.717, 1.165) is 29.0 Å². The summed E-state index contributed by atoms with van der Waals surface area (Å²) in [4.78, 5) is 17.0. The maximum absolute atomic E-state index is 13.0. The molecule has 2 heterocycles. The molecular formula is C20H15F3N2O2. The third-order valence-corrected chi connectivity index (χ3v) is 4.63. The number of benzene rings is 2. The number of allylic oxidation sites excluding steroid dienone is 1. The second-order valence-electron chi connectivity index (χ2n) is 6.31. The zero-order valence-electron chi connectivity index (χ0n) is 14.4. The van der Waals surface area contributed by atoms with Gasteiger partial charge in [0.15, 0.2) is 0 Å². The van der Waals surface area contributed by atoms with Crippen LogP contribution >= 0.6 is 0 Å². The first-order valence-electron chi connectivity index (χ1n) is 8.33. The molecule has 27 heavy (non-hydrogen) atoms. The maximum atomic E-state index is 13.0. The first kappa shape index (κ1) is 17.3. The Morgan fingerprint density at radius 3 is 2.56 bits per heavy atom. The molecular weight excluding hydrogens is 357 g/mol. The highest BCUT2D eigenvalue weighted by Crippen LogP contribution is 2.32. The van der Waals surface area contributed by atoms with E-state index in [1.165, 1.54) is 10.6 Å². The summed E-state index contributed by atoms with van der Waals surface area (Å²) in [6, 6.07) is 10.4. The van der Waals surface area contributed by atoms with Crippen LogP contribution in [0.4, 0.5) is 13.2 Å². The lowest BCUT2D eigenvalue weighted by Crippen LogP contribution is -2.21. The minimum Gasteiger partial charge on any atom is -0.497 e. The van der Waals surface area contributed by atoms with Crippen molar-refractivity contribution in [2.45, 2.75) is 19.1 Å². The van der Waals surface area contributed by atoms with Crippen molar-refractivity contribution < 1.29 is 17.9 Å². The Balaban J connectivity index is 1.83. The molecule has 0 aliphatic carbocycles. The molecule has 1 aromatic heterocycles. The molecule has 0 unspecified atom stereocenters. The van der Waals surface area contributed by atoms with Gasteiger partial charge in [-0.1, -0.05) is 12.1 Å². The number of hydrogen-bond donors (Lipinski definition) is 0. The third-order valence-electron chi connectivity index (χ3n) is 4.63. The van der Waals surface area contributed by atoms with Crippen LogP contribution in [0.2, 0.25) is 0 Å². The van der Waals surface area contributed by atoms with Crippen LogP contribution in [0.25, 0.3) is 22.6 Å². The Morgan fingerprint density at radius 2 is 1.89 bits per heavy atom. The van der Waals surface area contributed by atoms with Crippen molar-refractivity contribution >= 4 is 22.6 Å². The molecule has 0 fully saturated rings. The van der Waals surface area contributed by atoms with Crippen molar-refractivity contribution in [2.24, 2.45) is 0 Å². The van der Waals surface area contributed by atoms with Crippen LogP contribution < -0.4 is 10.3 Å². The van der Waals surface area contributed by atoms with E-state index in [9.17, 15) is 18.0 Å². The van der Waals surface area contributed by atoms with Gasteiger partial charge in [-0.25, -0.2) is 4.98 Å². The van der Waals surface area contributed by atoms with Gasteiger partial charge >= 0.3 is 6.18 Å². The van der Waals surface area contributed by atoms with Gasteiger partial charge in [0.25, 0.3) is 5.56 Å². The first-order valence-corrected chi connectivity index (χ1v) is 8.33. The molecule has 0 radical (unpaired) electrons. The van der Waals surface area contributed by atoms with E-state index >= 15 is 0 Å². The van der Waals surface area contributed by atoms with E-state index < -0.39 is 11.7 Å². The van der Waals surface area contributed by atoms with E-state index in [1.54, 1.807) is 7.11 Å². The van der Waals surface area contributed by atoms with Crippen LogP contribution in [0.5, 0.6) is 5.75 Å². The number of nitrogens with zero attached hydrogens (tertiary/aromatic N) is 2. The third kappa shape index (κ3) is 3.09. The fourth-order valence-electron chi connectivity index (χ4n) is 3.23. The Kier molecular flexibility index (Phi) is 4.02. The second kappa shape index (κ2) is 6.26. The molecule has 4 nitrogen and oxygen atoms in total. The number of alkyl halides is 3. The molecule has 0 atom stereocenters. The standard InChI is InChI=1S/C20H15F3N2O2/c1-27-15-5-2-12(3-6-15)10-13-8-9-25-18(13)24-17-11-14(20(21,22)23)4-7-16(17)19(25)26/h2-7,10-11H,8-9H2,1H3. The van der Waals surface area contributed by atoms with Gasteiger partial charge < -0.3 is 4.74 Å². The number of hydrogen-bond acceptors (Lipinski definition) is 3. The normalized spacial score (nSPS) is 15.3. The van der Waals surface area contributed by atoms with Crippen LogP contribution in [0.3, 0.4) is 0 Å². The highest BCUT2D eigenvalue weighted by molar-refractivity contribution is 5.85. The molecule has 0 N–H and O–H groups in total. The van der Waals surface area contributed by atoms with Crippen LogP contribution in [-0.2, 0) is 12.7 Å². The molecule has 0 bridgehead atoms. The quantitative estimate of drug-likeness (QED) is 0.671. The fraction of sp³-hybridized carbons (Fsp3) is 0.200. The summed E-state index contributed by atoms with van der Waals surface area (Å²) in [5.74, 6) is 1.15. The number of ether oxygens (including phenoxy) is 1. The van der Waals surface area contributed by atoms with E-state index in [-0.39, 0.29) is 16.5 Å². The topological polar surface area (TPSA) is 44.1 Å². The molecule has 7 heteroatoms. The van der Waals surface area contributed by atoms with Crippen molar-refractivity contribution in [2.75, 3.05) is 7.11 Å². The van der Waals surface area contributed by atoms with Crippen LogP contribution in [-0.4, -0.2) is 16.7 Å². The minimum absolute atomic E-state index is 0.0589. The van der Waals surface area contributed by atoms with Crippen molar-refractivity contribution in [1.29, 1.82) is 0 Å². The highest BCUT2D eigenvalue weighted by atomic mass is 19.4. The lowest BCUT2D eigenvalue weighted by Gasteiger charge is -2.09. The van der Waals surface area contributed by atoms with Gasteiger partial charge in [-0.15, -0.1) is 0 Å². The van der Waals surface area contributed by atoms with E-state index in [2.05, 4.69) is 4.98 Å². The van der Waals surface area contributed by atoms with E-state index in [0.29, 0.717) is 18.8 Å². The molecule has 1 aliphatic rings. The molecule has 2 aromatic carbocycles. The Hall–Kier alpha value is -3.09. The van der Waals surface area contributed by atoms with Gasteiger partial charge in [0, 0.05) is 6.54 Å². The van der Waals surface area contributed by atoms with Gasteiger partial charge in [0.1, 0.15) is 11.6 Å². The molecule has 1 aliphatic heterocycles.